The Bertz CT molecular complexity index is 1430. The number of aromatic hydroxyl groups is 1. The number of alkyl carbamates (subject to hydrolysis) is 1. The highest BCUT2D eigenvalue weighted by atomic mass is 16.5. The lowest BCUT2D eigenvalue weighted by Crippen LogP contribution is -2.50. The fourth-order valence-corrected chi connectivity index (χ4v) is 3.89. The number of phenols is 1. The molecule has 0 aliphatic heterocycles. The summed E-state index contributed by atoms with van der Waals surface area (Å²) in [7, 11) is 0. The lowest BCUT2D eigenvalue weighted by atomic mass is 10.1. The molecule has 5 N–H and O–H groups in total. The molecule has 0 unspecified atom stereocenters. The van der Waals surface area contributed by atoms with Gasteiger partial charge in [0.15, 0.2) is 11.5 Å². The lowest BCUT2D eigenvalue weighted by molar-refractivity contribution is -0.126. The molecule has 2 heterocycles. The Balaban J connectivity index is 1.41. The molecule has 2 aromatic carbocycles. The van der Waals surface area contributed by atoms with Crippen molar-refractivity contribution in [1.29, 1.82) is 0 Å². The van der Waals surface area contributed by atoms with Crippen LogP contribution in [0.3, 0.4) is 0 Å². The number of nitrogens with zero attached hydrogens (tertiary/aromatic N) is 3. The standard InChI is InChI=1S/C29H34N6O5/c1-29(2,30)27(37)32-24(19-39-17-21-7-4-3-5-8-21)26-34-33-25-12-11-22(16-35(25)26)18-40-28(38)31-14-13-20-9-6-10-23(36)15-20/h3-12,15-16,24,36H,13-14,17-19,30H2,1-2H3,(H,31,38)(H,32,37)/t24-/m1/s1. The minimum Gasteiger partial charge on any atom is -0.508 e. The molecule has 0 saturated carbocycles. The maximum Gasteiger partial charge on any atom is 0.407 e. The zero-order chi connectivity index (χ0) is 28.5. The highest BCUT2D eigenvalue weighted by Gasteiger charge is 2.28. The van der Waals surface area contributed by atoms with E-state index in [9.17, 15) is 14.7 Å². The second-order valence-corrected chi connectivity index (χ2v) is 10.00. The maximum absolute atomic E-state index is 12.8. The Morgan fingerprint density at radius 2 is 1.77 bits per heavy atom. The zero-order valence-electron chi connectivity index (χ0n) is 22.5. The second kappa shape index (κ2) is 13.0. The summed E-state index contributed by atoms with van der Waals surface area (Å²) in [6.45, 7) is 4.11. The van der Waals surface area contributed by atoms with Crippen LogP contribution in [0.5, 0.6) is 5.75 Å². The molecule has 0 radical (unpaired) electrons. The molecular formula is C29H34N6O5. The summed E-state index contributed by atoms with van der Waals surface area (Å²) in [5.41, 5.74) is 8.07. The van der Waals surface area contributed by atoms with Crippen molar-refractivity contribution in [1.82, 2.24) is 25.2 Å². The summed E-state index contributed by atoms with van der Waals surface area (Å²) in [6.07, 6.45) is 1.75. The number of benzene rings is 2. The summed E-state index contributed by atoms with van der Waals surface area (Å²) in [5.74, 6) is 0.276. The third-order valence-corrected chi connectivity index (χ3v) is 6.05. The van der Waals surface area contributed by atoms with Gasteiger partial charge in [-0.3, -0.25) is 9.20 Å². The minimum absolute atomic E-state index is 0.0167. The van der Waals surface area contributed by atoms with Gasteiger partial charge in [0.05, 0.1) is 18.8 Å². The molecule has 0 aliphatic rings. The molecule has 0 spiro atoms. The van der Waals surface area contributed by atoms with Gasteiger partial charge >= 0.3 is 6.09 Å². The number of carbonyl (C=O) groups is 2. The number of phenolic OH excluding ortho intramolecular Hbond substituents is 1. The van der Waals surface area contributed by atoms with Crippen LogP contribution in [-0.4, -0.2) is 50.4 Å². The predicted octanol–water partition coefficient (Wildman–Crippen LogP) is 3.02. The van der Waals surface area contributed by atoms with Gasteiger partial charge in [-0.25, -0.2) is 4.79 Å². The number of nitrogens with two attached hydrogens (primary N) is 1. The van der Waals surface area contributed by atoms with Gasteiger partial charge < -0.3 is 30.9 Å². The molecule has 2 amide bonds. The Labute approximate surface area is 232 Å². The largest absolute Gasteiger partial charge is 0.508 e. The van der Waals surface area contributed by atoms with Gasteiger partial charge in [-0.05, 0) is 49.6 Å². The number of aromatic nitrogens is 3. The van der Waals surface area contributed by atoms with Crippen molar-refractivity contribution in [2.75, 3.05) is 13.2 Å². The quantitative estimate of drug-likeness (QED) is 0.212. The maximum atomic E-state index is 12.8. The first-order chi connectivity index (χ1) is 19.2. The molecule has 11 heteroatoms. The third-order valence-electron chi connectivity index (χ3n) is 6.05. The van der Waals surface area contributed by atoms with Gasteiger partial charge in [-0.15, -0.1) is 10.2 Å². The van der Waals surface area contributed by atoms with Gasteiger partial charge in [0.1, 0.15) is 18.4 Å². The average Bonchev–Trinajstić information content (AvgIpc) is 3.34. The highest BCUT2D eigenvalue weighted by Crippen LogP contribution is 2.17. The van der Waals surface area contributed by atoms with Gasteiger partial charge in [-0.2, -0.15) is 0 Å². The molecule has 0 aliphatic carbocycles. The molecule has 11 nitrogen and oxygen atoms in total. The molecule has 210 valence electrons. The van der Waals surface area contributed by atoms with E-state index in [1.807, 2.05) is 36.4 Å². The number of carbonyl (C=O) groups excluding carboxylic acids is 2. The Kier molecular flexibility index (Phi) is 9.31. The van der Waals surface area contributed by atoms with Gasteiger partial charge in [0.2, 0.25) is 5.91 Å². The van der Waals surface area contributed by atoms with E-state index in [0.717, 1.165) is 11.1 Å². The SMILES string of the molecule is CC(C)(N)C(=O)N[C@H](COCc1ccccc1)c1nnc2ccc(COC(=O)NCCc3cccc(O)c3)cn12. The second-order valence-electron chi connectivity index (χ2n) is 10.00. The number of amides is 2. The molecule has 40 heavy (non-hydrogen) atoms. The third kappa shape index (κ3) is 8.01. The smallest absolute Gasteiger partial charge is 0.407 e. The number of hydrogen-bond acceptors (Lipinski definition) is 8. The number of hydrogen-bond donors (Lipinski definition) is 4. The van der Waals surface area contributed by atoms with Crippen molar-refractivity contribution >= 4 is 17.6 Å². The average molecular weight is 547 g/mol. The summed E-state index contributed by atoms with van der Waals surface area (Å²) in [6, 6.07) is 19.5. The van der Waals surface area contributed by atoms with E-state index < -0.39 is 17.7 Å². The van der Waals surface area contributed by atoms with Crippen LogP contribution in [-0.2, 0) is 33.9 Å². The lowest BCUT2D eigenvalue weighted by Gasteiger charge is -2.23. The Morgan fingerprint density at radius 3 is 2.52 bits per heavy atom. The van der Waals surface area contributed by atoms with Crippen molar-refractivity contribution in [3.05, 3.63) is 95.4 Å². The number of fused-ring (bicyclic) bond motifs is 1. The van der Waals surface area contributed by atoms with Crippen LogP contribution < -0.4 is 16.4 Å². The fraction of sp³-hybridized carbons (Fsp3) is 0.310. The van der Waals surface area contributed by atoms with Crippen molar-refractivity contribution < 1.29 is 24.2 Å². The summed E-state index contributed by atoms with van der Waals surface area (Å²) >= 11 is 0. The molecule has 0 bridgehead atoms. The molecule has 4 rings (SSSR count). The topological polar surface area (TPSA) is 153 Å². The molecule has 0 saturated heterocycles. The van der Waals surface area contributed by atoms with E-state index in [0.29, 0.717) is 36.6 Å². The number of ether oxygens (including phenoxy) is 2. The predicted molar refractivity (Wildman–Crippen MR) is 148 cm³/mol. The first-order valence-corrected chi connectivity index (χ1v) is 12.9. The minimum atomic E-state index is -1.11. The summed E-state index contributed by atoms with van der Waals surface area (Å²) in [5, 5.41) is 23.7. The monoisotopic (exact) mass is 546 g/mol. The van der Waals surface area contributed by atoms with E-state index in [-0.39, 0.29) is 24.9 Å². The molecule has 1 atom stereocenters. The summed E-state index contributed by atoms with van der Waals surface area (Å²) < 4.78 is 13.0. The van der Waals surface area contributed by atoms with Crippen LogP contribution in [0.25, 0.3) is 5.65 Å². The van der Waals surface area contributed by atoms with Crippen LogP contribution in [0.2, 0.25) is 0 Å². The van der Waals surface area contributed by atoms with Gasteiger partial charge in [0.25, 0.3) is 0 Å². The van der Waals surface area contributed by atoms with E-state index in [1.165, 1.54) is 0 Å². The van der Waals surface area contributed by atoms with Gasteiger partial charge in [0, 0.05) is 18.3 Å². The van der Waals surface area contributed by atoms with Crippen molar-refractivity contribution in [3.63, 3.8) is 0 Å². The molecule has 4 aromatic rings. The molecule has 2 aromatic heterocycles. The fourth-order valence-electron chi connectivity index (χ4n) is 3.89. The van der Waals surface area contributed by atoms with Crippen molar-refractivity contribution in [2.24, 2.45) is 5.73 Å². The van der Waals surface area contributed by atoms with Crippen LogP contribution in [0.15, 0.2) is 72.9 Å². The first-order valence-electron chi connectivity index (χ1n) is 12.9. The van der Waals surface area contributed by atoms with E-state index in [2.05, 4.69) is 20.8 Å². The number of nitrogens with one attached hydrogen (secondary N) is 2. The zero-order valence-corrected chi connectivity index (χ0v) is 22.5. The number of rotatable bonds is 12. The van der Waals surface area contributed by atoms with Crippen LogP contribution in [0.4, 0.5) is 4.79 Å². The summed E-state index contributed by atoms with van der Waals surface area (Å²) in [4.78, 5) is 25.0. The van der Waals surface area contributed by atoms with E-state index in [4.69, 9.17) is 15.2 Å². The molecular weight excluding hydrogens is 512 g/mol. The van der Waals surface area contributed by atoms with Crippen molar-refractivity contribution in [3.8, 4) is 5.75 Å². The van der Waals surface area contributed by atoms with Gasteiger partial charge in [-0.1, -0.05) is 48.5 Å². The van der Waals surface area contributed by atoms with E-state index >= 15 is 0 Å². The Hall–Kier alpha value is -4.48. The van der Waals surface area contributed by atoms with Crippen molar-refractivity contribution in [2.45, 2.75) is 45.1 Å². The highest BCUT2D eigenvalue weighted by molar-refractivity contribution is 5.85. The van der Waals surface area contributed by atoms with Crippen LogP contribution >= 0.6 is 0 Å². The van der Waals surface area contributed by atoms with Crippen LogP contribution in [0, 0.1) is 0 Å². The Morgan fingerprint density at radius 1 is 1.00 bits per heavy atom. The van der Waals surface area contributed by atoms with Crippen LogP contribution in [0.1, 0.15) is 42.4 Å². The van der Waals surface area contributed by atoms with E-state index in [1.54, 1.807) is 54.8 Å². The first kappa shape index (κ1) is 28.5. The normalized spacial score (nSPS) is 12.2. The number of pyridine rings is 1. The molecule has 0 fully saturated rings.